The Labute approximate surface area is 126 Å². The predicted molar refractivity (Wildman–Crippen MR) is 85.9 cm³/mol. The van der Waals surface area contributed by atoms with Gasteiger partial charge in [-0.3, -0.25) is 0 Å². The summed E-state index contributed by atoms with van der Waals surface area (Å²) in [5, 5.41) is 0. The molecular formula is C18H18O2S. The van der Waals surface area contributed by atoms with Crippen molar-refractivity contribution in [3.8, 4) is 0 Å². The van der Waals surface area contributed by atoms with Crippen LogP contribution in [0.25, 0.3) is 5.57 Å². The lowest BCUT2D eigenvalue weighted by atomic mass is 9.82. The summed E-state index contributed by atoms with van der Waals surface area (Å²) >= 11 is 0. The van der Waals surface area contributed by atoms with E-state index in [0.29, 0.717) is 4.90 Å². The summed E-state index contributed by atoms with van der Waals surface area (Å²) in [5.74, 6) is 0. The number of hydrogen-bond acceptors (Lipinski definition) is 2. The second kappa shape index (κ2) is 5.49. The molecule has 3 rings (SSSR count). The molecule has 108 valence electrons. The van der Waals surface area contributed by atoms with Gasteiger partial charge >= 0.3 is 0 Å². The third kappa shape index (κ3) is 2.93. The van der Waals surface area contributed by atoms with Gasteiger partial charge in [0.25, 0.3) is 0 Å². The average Bonchev–Trinajstić information content (AvgIpc) is 2.43. The van der Waals surface area contributed by atoms with Gasteiger partial charge in [-0.15, -0.1) is 0 Å². The van der Waals surface area contributed by atoms with Gasteiger partial charge in [0, 0.05) is 6.26 Å². The SMILES string of the molecule is CS(=O)(=O)c1ccc(C(=C2CCC2)c2ccccc2)cc1. The minimum atomic E-state index is -3.14. The molecule has 2 aromatic rings. The maximum absolute atomic E-state index is 11.6. The lowest BCUT2D eigenvalue weighted by molar-refractivity contribution is 0.602. The van der Waals surface area contributed by atoms with E-state index in [0.717, 1.165) is 18.4 Å². The van der Waals surface area contributed by atoms with Crippen molar-refractivity contribution in [1.82, 2.24) is 0 Å². The zero-order valence-corrected chi connectivity index (χ0v) is 12.9. The van der Waals surface area contributed by atoms with E-state index in [1.54, 1.807) is 12.1 Å². The second-order valence-electron chi connectivity index (χ2n) is 5.49. The van der Waals surface area contributed by atoms with Crippen molar-refractivity contribution in [2.24, 2.45) is 0 Å². The monoisotopic (exact) mass is 298 g/mol. The Morgan fingerprint density at radius 3 is 1.90 bits per heavy atom. The van der Waals surface area contributed by atoms with Crippen molar-refractivity contribution in [3.63, 3.8) is 0 Å². The van der Waals surface area contributed by atoms with Crippen molar-refractivity contribution < 1.29 is 8.42 Å². The quantitative estimate of drug-likeness (QED) is 0.855. The molecule has 0 aromatic heterocycles. The van der Waals surface area contributed by atoms with E-state index in [1.165, 1.54) is 29.4 Å². The maximum Gasteiger partial charge on any atom is 0.175 e. The number of benzene rings is 2. The molecule has 3 heteroatoms. The first-order valence-electron chi connectivity index (χ1n) is 7.13. The molecular weight excluding hydrogens is 280 g/mol. The molecule has 0 heterocycles. The highest BCUT2D eigenvalue weighted by atomic mass is 32.2. The van der Waals surface area contributed by atoms with Crippen molar-refractivity contribution >= 4 is 15.4 Å². The fourth-order valence-corrected chi connectivity index (χ4v) is 3.28. The van der Waals surface area contributed by atoms with E-state index in [2.05, 4.69) is 12.1 Å². The Hall–Kier alpha value is -1.87. The minimum absolute atomic E-state index is 0.372. The summed E-state index contributed by atoms with van der Waals surface area (Å²) in [4.78, 5) is 0.372. The van der Waals surface area contributed by atoms with E-state index >= 15 is 0 Å². The highest BCUT2D eigenvalue weighted by Gasteiger charge is 2.18. The summed E-state index contributed by atoms with van der Waals surface area (Å²) < 4.78 is 23.1. The molecule has 1 aliphatic carbocycles. The van der Waals surface area contributed by atoms with Crippen LogP contribution in [-0.2, 0) is 9.84 Å². The molecule has 0 N–H and O–H groups in total. The summed E-state index contributed by atoms with van der Waals surface area (Å²) in [6, 6.07) is 17.6. The van der Waals surface area contributed by atoms with Crippen LogP contribution in [0, 0.1) is 0 Å². The van der Waals surface area contributed by atoms with Gasteiger partial charge in [-0.25, -0.2) is 8.42 Å². The van der Waals surface area contributed by atoms with Gasteiger partial charge in [-0.2, -0.15) is 0 Å². The average molecular weight is 298 g/mol. The Balaban J connectivity index is 2.07. The van der Waals surface area contributed by atoms with Gasteiger partial charge in [0.2, 0.25) is 0 Å². The van der Waals surface area contributed by atoms with E-state index < -0.39 is 9.84 Å². The van der Waals surface area contributed by atoms with Crippen molar-refractivity contribution in [3.05, 3.63) is 71.3 Å². The summed E-state index contributed by atoms with van der Waals surface area (Å²) in [7, 11) is -3.14. The van der Waals surface area contributed by atoms with E-state index in [-0.39, 0.29) is 0 Å². The molecule has 1 saturated carbocycles. The van der Waals surface area contributed by atoms with Gasteiger partial charge in [0.1, 0.15) is 0 Å². The number of hydrogen-bond donors (Lipinski definition) is 0. The molecule has 2 aromatic carbocycles. The van der Waals surface area contributed by atoms with Crippen LogP contribution in [0.1, 0.15) is 30.4 Å². The van der Waals surface area contributed by atoms with Crippen LogP contribution in [0.3, 0.4) is 0 Å². The topological polar surface area (TPSA) is 34.1 Å². The van der Waals surface area contributed by atoms with E-state index in [9.17, 15) is 8.42 Å². The van der Waals surface area contributed by atoms with Crippen molar-refractivity contribution in [1.29, 1.82) is 0 Å². The highest BCUT2D eigenvalue weighted by Crippen LogP contribution is 2.37. The molecule has 1 fully saturated rings. The van der Waals surface area contributed by atoms with Crippen LogP contribution in [-0.4, -0.2) is 14.7 Å². The van der Waals surface area contributed by atoms with Crippen molar-refractivity contribution in [2.45, 2.75) is 24.2 Å². The largest absolute Gasteiger partial charge is 0.224 e. The fourth-order valence-electron chi connectivity index (χ4n) is 2.65. The lowest BCUT2D eigenvalue weighted by Crippen LogP contribution is -2.03. The number of allylic oxidation sites excluding steroid dienone is 1. The zero-order chi connectivity index (χ0) is 14.9. The summed E-state index contributed by atoms with van der Waals surface area (Å²) in [5.41, 5.74) is 5.04. The third-order valence-electron chi connectivity index (χ3n) is 3.94. The standard InChI is InChI=1S/C18H18O2S/c1-21(19,20)17-12-10-16(11-13-17)18(15-8-5-9-15)14-6-3-2-4-7-14/h2-4,6-7,10-13H,5,8-9H2,1H3. The van der Waals surface area contributed by atoms with Crippen LogP contribution >= 0.6 is 0 Å². The predicted octanol–water partition coefficient (Wildman–Crippen LogP) is 4.08. The molecule has 2 nitrogen and oxygen atoms in total. The van der Waals surface area contributed by atoms with E-state index in [1.807, 2.05) is 30.3 Å². The maximum atomic E-state index is 11.6. The van der Waals surface area contributed by atoms with Gasteiger partial charge in [0.15, 0.2) is 9.84 Å². The molecule has 0 saturated heterocycles. The first-order valence-corrected chi connectivity index (χ1v) is 9.03. The number of sulfone groups is 1. The first kappa shape index (κ1) is 14.1. The fraction of sp³-hybridized carbons (Fsp3) is 0.222. The van der Waals surface area contributed by atoms with Crippen LogP contribution in [0.4, 0.5) is 0 Å². The lowest BCUT2D eigenvalue weighted by Gasteiger charge is -2.23. The molecule has 0 unspecified atom stereocenters. The van der Waals surface area contributed by atoms with Crippen LogP contribution in [0.5, 0.6) is 0 Å². The van der Waals surface area contributed by atoms with Crippen LogP contribution in [0.15, 0.2) is 65.1 Å². The molecule has 0 aliphatic heterocycles. The first-order chi connectivity index (χ1) is 10.1. The van der Waals surface area contributed by atoms with Gasteiger partial charge in [0.05, 0.1) is 4.90 Å². The van der Waals surface area contributed by atoms with Crippen LogP contribution < -0.4 is 0 Å². The van der Waals surface area contributed by atoms with Crippen LogP contribution in [0.2, 0.25) is 0 Å². The van der Waals surface area contributed by atoms with Gasteiger partial charge < -0.3 is 0 Å². The van der Waals surface area contributed by atoms with Gasteiger partial charge in [-0.05, 0) is 48.1 Å². The molecule has 0 spiro atoms. The summed E-state index contributed by atoms with van der Waals surface area (Å²) in [6.45, 7) is 0. The molecule has 21 heavy (non-hydrogen) atoms. The molecule has 0 radical (unpaired) electrons. The summed E-state index contributed by atoms with van der Waals surface area (Å²) in [6.07, 6.45) is 4.76. The smallest absolute Gasteiger partial charge is 0.175 e. The Bertz CT molecular complexity index is 764. The normalized spacial score (nSPS) is 14.6. The minimum Gasteiger partial charge on any atom is -0.224 e. The zero-order valence-electron chi connectivity index (χ0n) is 12.0. The molecule has 0 atom stereocenters. The van der Waals surface area contributed by atoms with Gasteiger partial charge in [-0.1, -0.05) is 48.0 Å². The second-order valence-corrected chi connectivity index (χ2v) is 7.51. The third-order valence-corrected chi connectivity index (χ3v) is 5.07. The molecule has 0 amide bonds. The highest BCUT2D eigenvalue weighted by molar-refractivity contribution is 7.90. The Kier molecular flexibility index (Phi) is 3.68. The number of rotatable bonds is 3. The molecule has 0 bridgehead atoms. The Morgan fingerprint density at radius 2 is 1.43 bits per heavy atom. The molecule has 1 aliphatic rings. The van der Waals surface area contributed by atoms with Crippen molar-refractivity contribution in [2.75, 3.05) is 6.26 Å². The van der Waals surface area contributed by atoms with E-state index in [4.69, 9.17) is 0 Å². The Morgan fingerprint density at radius 1 is 0.857 bits per heavy atom.